The van der Waals surface area contributed by atoms with Gasteiger partial charge >= 0.3 is 0 Å². The number of nitrogens with zero attached hydrogens (tertiary/aromatic N) is 3. The summed E-state index contributed by atoms with van der Waals surface area (Å²) in [7, 11) is 0. The van der Waals surface area contributed by atoms with Crippen LogP contribution in [0.15, 0.2) is 53.2 Å². The van der Waals surface area contributed by atoms with Crippen LogP contribution in [0.1, 0.15) is 16.2 Å². The molecule has 0 bridgehead atoms. The van der Waals surface area contributed by atoms with Gasteiger partial charge in [0.15, 0.2) is 0 Å². The number of aromatic nitrogens is 3. The molecule has 0 aliphatic rings. The van der Waals surface area contributed by atoms with Gasteiger partial charge in [-0.2, -0.15) is 0 Å². The van der Waals surface area contributed by atoms with Gasteiger partial charge in [0.1, 0.15) is 0 Å². The Balaban J connectivity index is 1.94. The van der Waals surface area contributed by atoms with Crippen LogP contribution >= 0.6 is 0 Å². The van der Waals surface area contributed by atoms with E-state index < -0.39 is 0 Å². The van der Waals surface area contributed by atoms with E-state index in [9.17, 15) is 4.79 Å². The lowest BCUT2D eigenvalue weighted by Gasteiger charge is -2.07. The van der Waals surface area contributed by atoms with E-state index in [0.717, 1.165) is 0 Å². The minimum Gasteiger partial charge on any atom is -0.421 e. The minimum absolute atomic E-state index is 0.243. The van der Waals surface area contributed by atoms with E-state index in [2.05, 4.69) is 20.5 Å². The summed E-state index contributed by atoms with van der Waals surface area (Å²) in [4.78, 5) is 16.3. The van der Waals surface area contributed by atoms with Crippen molar-refractivity contribution in [3.63, 3.8) is 0 Å². The lowest BCUT2D eigenvalue weighted by Crippen LogP contribution is -2.13. The van der Waals surface area contributed by atoms with E-state index in [4.69, 9.17) is 4.42 Å². The van der Waals surface area contributed by atoms with Crippen LogP contribution in [0, 0.1) is 6.92 Å². The van der Waals surface area contributed by atoms with E-state index in [1.807, 2.05) is 6.07 Å². The van der Waals surface area contributed by atoms with Crippen LogP contribution in [0.5, 0.6) is 0 Å². The van der Waals surface area contributed by atoms with Crippen molar-refractivity contribution in [1.82, 2.24) is 15.2 Å². The maximum Gasteiger partial charge on any atom is 0.256 e. The number of aryl methyl sites for hydroxylation is 1. The van der Waals surface area contributed by atoms with Crippen LogP contribution < -0.4 is 5.32 Å². The van der Waals surface area contributed by atoms with Gasteiger partial charge in [-0.25, -0.2) is 0 Å². The highest BCUT2D eigenvalue weighted by molar-refractivity contribution is 6.08. The molecule has 0 atom stereocenters. The number of amides is 1. The first kappa shape index (κ1) is 13.0. The van der Waals surface area contributed by atoms with Crippen LogP contribution in [0.25, 0.3) is 11.5 Å². The van der Waals surface area contributed by atoms with Gasteiger partial charge in [0.25, 0.3) is 5.91 Å². The van der Waals surface area contributed by atoms with Crippen molar-refractivity contribution in [2.75, 3.05) is 5.32 Å². The van der Waals surface area contributed by atoms with Gasteiger partial charge in [0, 0.05) is 25.0 Å². The Morgan fingerprint density at radius 2 is 1.86 bits per heavy atom. The molecule has 0 spiro atoms. The highest BCUT2D eigenvalue weighted by Gasteiger charge is 2.16. The van der Waals surface area contributed by atoms with Gasteiger partial charge in [-0.15, -0.1) is 10.2 Å². The van der Waals surface area contributed by atoms with Crippen molar-refractivity contribution < 1.29 is 9.21 Å². The number of carbonyl (C=O) groups is 1. The molecule has 0 aliphatic carbocycles. The van der Waals surface area contributed by atoms with Crippen LogP contribution in [-0.4, -0.2) is 21.1 Å². The van der Waals surface area contributed by atoms with Gasteiger partial charge in [0.05, 0.1) is 11.1 Å². The van der Waals surface area contributed by atoms with Crippen LogP contribution in [0.2, 0.25) is 0 Å². The first-order valence-electron chi connectivity index (χ1n) is 6.35. The fourth-order valence-electron chi connectivity index (χ4n) is 1.91. The van der Waals surface area contributed by atoms with Crippen LogP contribution in [-0.2, 0) is 0 Å². The second-order valence-electron chi connectivity index (χ2n) is 4.36. The normalized spacial score (nSPS) is 10.3. The molecular weight excluding hydrogens is 268 g/mol. The number of anilines is 1. The largest absolute Gasteiger partial charge is 0.421 e. The number of pyridine rings is 1. The van der Waals surface area contributed by atoms with Gasteiger partial charge in [-0.1, -0.05) is 12.1 Å². The van der Waals surface area contributed by atoms with Crippen LogP contribution in [0.3, 0.4) is 0 Å². The standard InChI is InChI=1S/C15H12N4O2/c1-10-18-19-15(21-10)13-5-3-2-4-12(13)14(20)17-11-6-8-16-9-7-11/h2-9H,1H3,(H,16,17,20). The maximum absolute atomic E-state index is 12.4. The zero-order valence-electron chi connectivity index (χ0n) is 11.3. The van der Waals surface area contributed by atoms with Gasteiger partial charge in [-0.3, -0.25) is 9.78 Å². The van der Waals surface area contributed by atoms with E-state index in [1.54, 1.807) is 49.6 Å². The average molecular weight is 280 g/mol. The Labute approximate surface area is 120 Å². The second-order valence-corrected chi connectivity index (χ2v) is 4.36. The number of hydrogen-bond acceptors (Lipinski definition) is 5. The summed E-state index contributed by atoms with van der Waals surface area (Å²) in [6.07, 6.45) is 3.23. The Bertz CT molecular complexity index is 768. The molecule has 0 fully saturated rings. The second kappa shape index (κ2) is 5.54. The number of rotatable bonds is 3. The van der Waals surface area contributed by atoms with Crippen molar-refractivity contribution >= 4 is 11.6 Å². The zero-order valence-corrected chi connectivity index (χ0v) is 11.3. The van der Waals surface area contributed by atoms with Crippen molar-refractivity contribution in [2.24, 2.45) is 0 Å². The fraction of sp³-hybridized carbons (Fsp3) is 0.0667. The van der Waals surface area contributed by atoms with E-state index in [1.165, 1.54) is 0 Å². The van der Waals surface area contributed by atoms with Gasteiger partial charge in [-0.05, 0) is 24.3 Å². The molecule has 0 saturated carbocycles. The molecular formula is C15H12N4O2. The van der Waals surface area contributed by atoms with E-state index >= 15 is 0 Å². The molecule has 1 amide bonds. The molecule has 2 aromatic heterocycles. The number of nitrogens with one attached hydrogen (secondary N) is 1. The van der Waals surface area contributed by atoms with Crippen molar-refractivity contribution in [3.05, 3.63) is 60.2 Å². The third-order valence-electron chi connectivity index (χ3n) is 2.87. The molecule has 2 heterocycles. The lowest BCUT2D eigenvalue weighted by molar-refractivity contribution is 0.102. The SMILES string of the molecule is Cc1nnc(-c2ccccc2C(=O)Nc2ccncc2)o1. The van der Waals surface area contributed by atoms with Gasteiger partial charge < -0.3 is 9.73 Å². The monoisotopic (exact) mass is 280 g/mol. The third-order valence-corrected chi connectivity index (χ3v) is 2.87. The summed E-state index contributed by atoms with van der Waals surface area (Å²) < 4.78 is 5.40. The van der Waals surface area contributed by atoms with E-state index in [-0.39, 0.29) is 5.91 Å². The summed E-state index contributed by atoms with van der Waals surface area (Å²) in [6, 6.07) is 10.5. The summed E-state index contributed by atoms with van der Waals surface area (Å²) in [5.41, 5.74) is 1.74. The first-order valence-corrected chi connectivity index (χ1v) is 6.35. The first-order chi connectivity index (χ1) is 10.2. The smallest absolute Gasteiger partial charge is 0.256 e. The average Bonchev–Trinajstić information content (AvgIpc) is 2.95. The Morgan fingerprint density at radius 1 is 1.10 bits per heavy atom. The molecule has 1 aromatic carbocycles. The predicted molar refractivity (Wildman–Crippen MR) is 76.7 cm³/mol. The Kier molecular flexibility index (Phi) is 3.42. The molecule has 0 unspecified atom stereocenters. The van der Waals surface area contributed by atoms with Crippen molar-refractivity contribution in [1.29, 1.82) is 0 Å². The molecule has 0 aliphatic heterocycles. The zero-order chi connectivity index (χ0) is 14.7. The van der Waals surface area contributed by atoms with Gasteiger partial charge in [0.2, 0.25) is 11.8 Å². The molecule has 21 heavy (non-hydrogen) atoms. The number of benzene rings is 1. The van der Waals surface area contributed by atoms with Crippen LogP contribution in [0.4, 0.5) is 5.69 Å². The summed E-state index contributed by atoms with van der Waals surface area (Å²) in [5.74, 6) is 0.537. The molecule has 0 radical (unpaired) electrons. The topological polar surface area (TPSA) is 80.9 Å². The number of carbonyl (C=O) groups excluding carboxylic acids is 1. The van der Waals surface area contributed by atoms with E-state index in [0.29, 0.717) is 28.6 Å². The molecule has 0 saturated heterocycles. The third kappa shape index (κ3) is 2.79. The highest BCUT2D eigenvalue weighted by atomic mass is 16.4. The summed E-state index contributed by atoms with van der Waals surface area (Å²) >= 11 is 0. The minimum atomic E-state index is -0.243. The molecule has 104 valence electrons. The molecule has 6 heteroatoms. The Morgan fingerprint density at radius 3 is 2.57 bits per heavy atom. The summed E-state index contributed by atoms with van der Waals surface area (Å²) in [5, 5.41) is 10.6. The maximum atomic E-state index is 12.4. The van der Waals surface area contributed by atoms with Crippen molar-refractivity contribution in [3.8, 4) is 11.5 Å². The van der Waals surface area contributed by atoms with Crippen molar-refractivity contribution in [2.45, 2.75) is 6.92 Å². The highest BCUT2D eigenvalue weighted by Crippen LogP contribution is 2.23. The molecule has 3 rings (SSSR count). The predicted octanol–water partition coefficient (Wildman–Crippen LogP) is 2.69. The number of hydrogen-bond donors (Lipinski definition) is 1. The quantitative estimate of drug-likeness (QED) is 0.797. The molecule has 1 N–H and O–H groups in total. The molecule has 6 nitrogen and oxygen atoms in total. The fourth-order valence-corrected chi connectivity index (χ4v) is 1.91. The summed E-state index contributed by atoms with van der Waals surface area (Å²) in [6.45, 7) is 1.70. The Hall–Kier alpha value is -3.02. The lowest BCUT2D eigenvalue weighted by atomic mass is 10.1. The molecule has 3 aromatic rings.